The van der Waals surface area contributed by atoms with E-state index in [0.29, 0.717) is 23.4 Å². The van der Waals surface area contributed by atoms with Gasteiger partial charge in [-0.15, -0.1) is 0 Å². The monoisotopic (exact) mass is 471 g/mol. The number of hydrogen-bond acceptors (Lipinski definition) is 4. The van der Waals surface area contributed by atoms with Crippen LogP contribution in [0.15, 0.2) is 72.8 Å². The number of piperidine rings is 1. The van der Waals surface area contributed by atoms with Crippen molar-refractivity contribution < 1.29 is 19.1 Å². The third-order valence-electron chi connectivity index (χ3n) is 6.55. The second-order valence-electron chi connectivity index (χ2n) is 8.74. The zero-order chi connectivity index (χ0) is 25.1. The molecule has 0 aromatic heterocycles. The molecule has 3 aromatic carbocycles. The summed E-state index contributed by atoms with van der Waals surface area (Å²) < 4.78 is 5.64. The van der Waals surface area contributed by atoms with Crippen LogP contribution in [0, 0.1) is 12.8 Å². The molecule has 3 amide bonds. The summed E-state index contributed by atoms with van der Waals surface area (Å²) in [6.07, 6.45) is 0.664. The van der Waals surface area contributed by atoms with E-state index in [1.807, 2.05) is 55.5 Å². The van der Waals surface area contributed by atoms with Gasteiger partial charge in [-0.1, -0.05) is 35.9 Å². The van der Waals surface area contributed by atoms with Gasteiger partial charge in [0.1, 0.15) is 5.75 Å². The van der Waals surface area contributed by atoms with Crippen LogP contribution in [0.2, 0.25) is 0 Å². The fourth-order valence-corrected chi connectivity index (χ4v) is 4.65. The molecule has 35 heavy (non-hydrogen) atoms. The number of nitrogens with two attached hydrogens (primary N) is 1. The Hall–Kier alpha value is -4.13. The summed E-state index contributed by atoms with van der Waals surface area (Å²) in [5.74, 6) is -0.581. The number of carbonyl (C=O) groups is 3. The first-order chi connectivity index (χ1) is 16.8. The van der Waals surface area contributed by atoms with Crippen LogP contribution >= 0.6 is 0 Å². The van der Waals surface area contributed by atoms with E-state index in [-0.39, 0.29) is 18.2 Å². The van der Waals surface area contributed by atoms with Crippen molar-refractivity contribution in [3.8, 4) is 5.75 Å². The van der Waals surface area contributed by atoms with Gasteiger partial charge in [0.25, 0.3) is 0 Å². The van der Waals surface area contributed by atoms with Crippen LogP contribution in [0.3, 0.4) is 0 Å². The average molecular weight is 472 g/mol. The first kappa shape index (κ1) is 24.0. The van der Waals surface area contributed by atoms with Gasteiger partial charge in [-0.05, 0) is 55.8 Å². The van der Waals surface area contributed by atoms with Crippen LogP contribution in [-0.2, 0) is 9.59 Å². The van der Waals surface area contributed by atoms with Gasteiger partial charge in [0.15, 0.2) is 0 Å². The summed E-state index contributed by atoms with van der Waals surface area (Å²) >= 11 is 0. The molecule has 7 heteroatoms. The van der Waals surface area contributed by atoms with Crippen molar-refractivity contribution in [3.63, 3.8) is 0 Å². The fraction of sp³-hybridized carbons (Fsp3) is 0.250. The Morgan fingerprint density at radius 2 is 1.66 bits per heavy atom. The van der Waals surface area contributed by atoms with E-state index in [1.54, 1.807) is 48.2 Å². The van der Waals surface area contributed by atoms with Crippen molar-refractivity contribution in [2.75, 3.05) is 24.0 Å². The third kappa shape index (κ3) is 4.75. The Morgan fingerprint density at radius 3 is 2.29 bits per heavy atom. The number of nitrogens with zero attached hydrogens (tertiary/aromatic N) is 2. The first-order valence-electron chi connectivity index (χ1n) is 11.5. The number of para-hydroxylation sites is 1. The Balaban J connectivity index is 1.77. The highest BCUT2D eigenvalue weighted by Crippen LogP contribution is 2.44. The molecule has 1 aliphatic rings. The summed E-state index contributed by atoms with van der Waals surface area (Å²) in [7, 11) is 3.29. The van der Waals surface area contributed by atoms with Gasteiger partial charge in [0.2, 0.25) is 17.7 Å². The molecule has 4 rings (SSSR count). The fourth-order valence-electron chi connectivity index (χ4n) is 4.65. The maximum absolute atomic E-state index is 13.9. The lowest BCUT2D eigenvalue weighted by Crippen LogP contribution is -2.49. The predicted molar refractivity (Wildman–Crippen MR) is 135 cm³/mol. The number of primary amides is 1. The van der Waals surface area contributed by atoms with E-state index >= 15 is 0 Å². The Kier molecular flexibility index (Phi) is 6.87. The lowest BCUT2D eigenvalue weighted by molar-refractivity contribution is -0.127. The number of anilines is 2. The van der Waals surface area contributed by atoms with Gasteiger partial charge in [-0.3, -0.25) is 14.4 Å². The molecule has 1 heterocycles. The van der Waals surface area contributed by atoms with Gasteiger partial charge in [0.05, 0.1) is 19.1 Å². The quantitative estimate of drug-likeness (QED) is 0.582. The standard InChI is InChI=1S/C28H29N3O4/c1-18-8-12-21(13-9-18)31-25(32)17-16-23(26(31)22-6-4-5-7-24(22)35-3)28(34)30(2)20-14-10-19(11-15-20)27(29)33/h4-15,23,26H,16-17H2,1-3H3,(H2,29,33). The SMILES string of the molecule is COc1ccccc1C1C(C(=O)N(C)c2ccc(C(N)=O)cc2)CCC(=O)N1c1ccc(C)cc1. The molecule has 2 N–H and O–H groups in total. The molecule has 0 saturated carbocycles. The Labute approximate surface area is 205 Å². The first-order valence-corrected chi connectivity index (χ1v) is 11.5. The highest BCUT2D eigenvalue weighted by Gasteiger charge is 2.43. The molecule has 0 bridgehead atoms. The summed E-state index contributed by atoms with van der Waals surface area (Å²) in [5.41, 5.74) is 8.96. The molecule has 2 unspecified atom stereocenters. The molecule has 0 spiro atoms. The van der Waals surface area contributed by atoms with E-state index in [0.717, 1.165) is 16.8 Å². The van der Waals surface area contributed by atoms with E-state index in [9.17, 15) is 14.4 Å². The smallest absolute Gasteiger partial charge is 0.248 e. The van der Waals surface area contributed by atoms with Crippen LogP contribution in [0.25, 0.3) is 0 Å². The molecule has 0 radical (unpaired) electrons. The molecular weight excluding hydrogens is 442 g/mol. The minimum atomic E-state index is -0.546. The van der Waals surface area contributed by atoms with Gasteiger partial charge >= 0.3 is 0 Å². The minimum absolute atomic E-state index is 0.0396. The van der Waals surface area contributed by atoms with Crippen molar-refractivity contribution >= 4 is 29.1 Å². The third-order valence-corrected chi connectivity index (χ3v) is 6.55. The molecule has 7 nitrogen and oxygen atoms in total. The summed E-state index contributed by atoms with van der Waals surface area (Å²) in [5, 5.41) is 0. The maximum Gasteiger partial charge on any atom is 0.248 e. The molecule has 1 fully saturated rings. The van der Waals surface area contributed by atoms with Crippen LogP contribution in [0.1, 0.15) is 40.4 Å². The summed E-state index contributed by atoms with van der Waals surface area (Å²) in [6, 6.07) is 21.3. The Morgan fingerprint density at radius 1 is 1.00 bits per heavy atom. The normalized spacial score (nSPS) is 17.7. The minimum Gasteiger partial charge on any atom is -0.496 e. The molecule has 180 valence electrons. The molecule has 0 aliphatic carbocycles. The summed E-state index contributed by atoms with van der Waals surface area (Å²) in [4.78, 5) is 41.9. The predicted octanol–water partition coefficient (Wildman–Crippen LogP) is 4.25. The van der Waals surface area contributed by atoms with E-state index in [1.165, 1.54) is 0 Å². The number of benzene rings is 3. The number of carbonyl (C=O) groups excluding carboxylic acids is 3. The van der Waals surface area contributed by atoms with Crippen molar-refractivity contribution in [3.05, 3.63) is 89.5 Å². The van der Waals surface area contributed by atoms with Crippen molar-refractivity contribution in [1.29, 1.82) is 0 Å². The zero-order valence-electron chi connectivity index (χ0n) is 20.1. The van der Waals surface area contributed by atoms with Crippen molar-refractivity contribution in [2.45, 2.75) is 25.8 Å². The second kappa shape index (κ2) is 10.0. The van der Waals surface area contributed by atoms with Gasteiger partial charge in [0, 0.05) is 36.0 Å². The van der Waals surface area contributed by atoms with E-state index in [4.69, 9.17) is 10.5 Å². The number of methoxy groups -OCH3 is 1. The highest BCUT2D eigenvalue weighted by molar-refractivity contribution is 6.01. The topological polar surface area (TPSA) is 92.9 Å². The molecular formula is C28H29N3O4. The lowest BCUT2D eigenvalue weighted by Gasteiger charge is -2.42. The van der Waals surface area contributed by atoms with Gasteiger partial charge in [-0.2, -0.15) is 0 Å². The molecule has 1 saturated heterocycles. The number of rotatable bonds is 6. The van der Waals surface area contributed by atoms with E-state index < -0.39 is 17.9 Å². The van der Waals surface area contributed by atoms with Crippen molar-refractivity contribution in [1.82, 2.24) is 0 Å². The number of ether oxygens (including phenoxy) is 1. The van der Waals surface area contributed by atoms with Crippen LogP contribution in [-0.4, -0.2) is 31.9 Å². The number of hydrogen-bond donors (Lipinski definition) is 1. The lowest BCUT2D eigenvalue weighted by atomic mass is 9.82. The Bertz CT molecular complexity index is 1240. The van der Waals surface area contributed by atoms with Crippen molar-refractivity contribution in [2.24, 2.45) is 11.7 Å². The summed E-state index contributed by atoms with van der Waals surface area (Å²) in [6.45, 7) is 1.99. The van der Waals surface area contributed by atoms with E-state index in [2.05, 4.69) is 0 Å². The molecule has 3 aromatic rings. The van der Waals surface area contributed by atoms with Crippen LogP contribution in [0.4, 0.5) is 11.4 Å². The number of amides is 3. The second-order valence-corrected chi connectivity index (χ2v) is 8.74. The largest absolute Gasteiger partial charge is 0.496 e. The maximum atomic E-state index is 13.9. The zero-order valence-corrected chi connectivity index (χ0v) is 20.1. The van der Waals surface area contributed by atoms with Crippen LogP contribution < -0.4 is 20.3 Å². The van der Waals surface area contributed by atoms with Gasteiger partial charge < -0.3 is 20.3 Å². The van der Waals surface area contributed by atoms with Crippen LogP contribution in [0.5, 0.6) is 5.75 Å². The molecule has 2 atom stereocenters. The van der Waals surface area contributed by atoms with Gasteiger partial charge in [-0.25, -0.2) is 0 Å². The highest BCUT2D eigenvalue weighted by atomic mass is 16.5. The molecule has 1 aliphatic heterocycles. The average Bonchev–Trinajstić information content (AvgIpc) is 2.88. The number of aryl methyl sites for hydroxylation is 1.